The van der Waals surface area contributed by atoms with Crippen molar-refractivity contribution in [2.75, 3.05) is 6.54 Å². The van der Waals surface area contributed by atoms with Crippen LogP contribution in [0.25, 0.3) is 0 Å². The first-order valence-corrected chi connectivity index (χ1v) is 8.54. The number of sulfonamides is 1. The minimum Gasteiger partial charge on any atom is -0.212 e. The molecule has 0 amide bonds. The number of nitrogens with one attached hydrogen (secondary N) is 1. The molecule has 0 aliphatic carbocycles. The molecule has 1 aromatic heterocycles. The molecule has 1 aromatic carbocycles. The van der Waals surface area contributed by atoms with Crippen LogP contribution >= 0.6 is 0 Å². The number of aromatic amines is 1. The molecule has 1 aliphatic heterocycles. The van der Waals surface area contributed by atoms with E-state index in [2.05, 4.69) is 20.6 Å². The van der Waals surface area contributed by atoms with Crippen LogP contribution in [-0.4, -0.2) is 39.9 Å². The Morgan fingerprint density at radius 3 is 2.76 bits per heavy atom. The molecule has 2 aromatic rings. The zero-order valence-corrected chi connectivity index (χ0v) is 12.3. The van der Waals surface area contributed by atoms with E-state index < -0.39 is 10.0 Å². The maximum absolute atomic E-state index is 12.7. The minimum absolute atomic E-state index is 0.00217. The van der Waals surface area contributed by atoms with Gasteiger partial charge in [-0.25, -0.2) is 8.42 Å². The van der Waals surface area contributed by atoms with Gasteiger partial charge < -0.3 is 0 Å². The molecule has 1 unspecified atom stereocenters. The molecule has 7 nitrogen and oxygen atoms in total. The lowest BCUT2D eigenvalue weighted by Gasteiger charge is -2.32. The van der Waals surface area contributed by atoms with Crippen LogP contribution in [0.5, 0.6) is 0 Å². The van der Waals surface area contributed by atoms with Gasteiger partial charge in [-0.2, -0.15) is 9.52 Å². The molecule has 8 heteroatoms. The fourth-order valence-electron chi connectivity index (χ4n) is 2.67. The molecule has 1 N–H and O–H groups in total. The molecular weight excluding hydrogens is 290 g/mol. The third-order valence-electron chi connectivity index (χ3n) is 3.66. The Balaban J connectivity index is 1.85. The van der Waals surface area contributed by atoms with Gasteiger partial charge in [0.2, 0.25) is 10.0 Å². The number of hydrogen-bond acceptors (Lipinski definition) is 5. The third kappa shape index (κ3) is 3.11. The van der Waals surface area contributed by atoms with E-state index in [0.717, 1.165) is 24.8 Å². The van der Waals surface area contributed by atoms with E-state index in [0.29, 0.717) is 12.4 Å². The maximum atomic E-state index is 12.7. The zero-order chi connectivity index (χ0) is 14.7. The summed E-state index contributed by atoms with van der Waals surface area (Å²) in [6, 6.07) is 8.90. The lowest BCUT2D eigenvalue weighted by atomic mass is 10.0. The first-order valence-electron chi connectivity index (χ1n) is 6.93. The molecule has 112 valence electrons. The van der Waals surface area contributed by atoms with Crippen molar-refractivity contribution < 1.29 is 8.42 Å². The van der Waals surface area contributed by atoms with Crippen molar-refractivity contribution in [3.05, 3.63) is 41.7 Å². The summed E-state index contributed by atoms with van der Waals surface area (Å²) in [4.78, 5) is 0. The van der Waals surface area contributed by atoms with E-state index in [1.54, 1.807) is 0 Å². The maximum Gasteiger partial charge on any atom is 0.218 e. The fourth-order valence-corrected chi connectivity index (χ4v) is 4.45. The summed E-state index contributed by atoms with van der Waals surface area (Å²) in [6.45, 7) is 0.508. The van der Waals surface area contributed by atoms with Gasteiger partial charge in [0, 0.05) is 6.54 Å². The van der Waals surface area contributed by atoms with E-state index in [4.69, 9.17) is 0 Å². The van der Waals surface area contributed by atoms with Crippen LogP contribution in [0.3, 0.4) is 0 Å². The van der Waals surface area contributed by atoms with Gasteiger partial charge >= 0.3 is 0 Å². The Morgan fingerprint density at radius 2 is 2.05 bits per heavy atom. The number of hydrogen-bond donors (Lipinski definition) is 1. The summed E-state index contributed by atoms with van der Waals surface area (Å²) in [5.74, 6) is 0.452. The second-order valence-corrected chi connectivity index (χ2v) is 7.06. The topological polar surface area (TPSA) is 91.8 Å². The van der Waals surface area contributed by atoms with Crippen molar-refractivity contribution in [3.63, 3.8) is 0 Å². The van der Waals surface area contributed by atoms with Gasteiger partial charge in [-0.15, -0.1) is 10.2 Å². The van der Waals surface area contributed by atoms with E-state index in [-0.39, 0.29) is 11.8 Å². The van der Waals surface area contributed by atoms with E-state index >= 15 is 0 Å². The molecule has 0 radical (unpaired) electrons. The molecule has 0 bridgehead atoms. The summed E-state index contributed by atoms with van der Waals surface area (Å²) in [5, 5.41) is 13.9. The average Bonchev–Trinajstić information content (AvgIpc) is 3.02. The Hall–Kier alpha value is -1.80. The average molecular weight is 307 g/mol. The van der Waals surface area contributed by atoms with Crippen LogP contribution in [0.4, 0.5) is 0 Å². The van der Waals surface area contributed by atoms with Gasteiger partial charge in [-0.3, -0.25) is 0 Å². The summed E-state index contributed by atoms with van der Waals surface area (Å²) in [5.41, 5.74) is 0.787. The highest BCUT2D eigenvalue weighted by Crippen LogP contribution is 2.31. The molecule has 1 aliphatic rings. The van der Waals surface area contributed by atoms with Gasteiger partial charge in [0.05, 0.1) is 11.8 Å². The van der Waals surface area contributed by atoms with Gasteiger partial charge in [0.25, 0.3) is 0 Å². The van der Waals surface area contributed by atoms with Crippen molar-refractivity contribution in [2.45, 2.75) is 31.1 Å². The van der Waals surface area contributed by atoms with Crippen LogP contribution in [0, 0.1) is 0 Å². The molecule has 21 heavy (non-hydrogen) atoms. The summed E-state index contributed by atoms with van der Waals surface area (Å²) < 4.78 is 26.9. The van der Waals surface area contributed by atoms with Crippen LogP contribution in [0.2, 0.25) is 0 Å². The SMILES string of the molecule is O=S(=O)(Cc1ccccc1)N1CCCCC1c1nn[nH]n1. The predicted molar refractivity (Wildman–Crippen MR) is 76.5 cm³/mol. The van der Waals surface area contributed by atoms with Gasteiger partial charge in [0.1, 0.15) is 0 Å². The van der Waals surface area contributed by atoms with Crippen molar-refractivity contribution in [1.82, 2.24) is 24.9 Å². The Morgan fingerprint density at radius 1 is 1.24 bits per heavy atom. The van der Waals surface area contributed by atoms with Crippen LogP contribution in [-0.2, 0) is 15.8 Å². The highest BCUT2D eigenvalue weighted by molar-refractivity contribution is 7.88. The molecule has 0 spiro atoms. The van der Waals surface area contributed by atoms with Crippen LogP contribution < -0.4 is 0 Å². The number of H-pyrrole nitrogens is 1. The molecule has 1 atom stereocenters. The van der Waals surface area contributed by atoms with E-state index in [9.17, 15) is 8.42 Å². The highest BCUT2D eigenvalue weighted by atomic mass is 32.2. The minimum atomic E-state index is -3.40. The standard InChI is InChI=1S/C13H17N5O2S/c19-21(20,10-11-6-2-1-3-7-11)18-9-5-4-8-12(18)13-14-16-17-15-13/h1-3,6-7,12H,4-5,8-10H2,(H,14,15,16,17). The van der Waals surface area contributed by atoms with Crippen molar-refractivity contribution in [3.8, 4) is 0 Å². The first kappa shape index (κ1) is 14.2. The Labute approximate surface area is 123 Å². The second kappa shape index (κ2) is 5.90. The van der Waals surface area contributed by atoms with Gasteiger partial charge in [-0.05, 0) is 18.4 Å². The number of piperidine rings is 1. The van der Waals surface area contributed by atoms with Crippen molar-refractivity contribution in [1.29, 1.82) is 0 Å². The second-order valence-electron chi connectivity index (χ2n) is 5.13. The number of nitrogens with zero attached hydrogens (tertiary/aromatic N) is 4. The lowest BCUT2D eigenvalue weighted by Crippen LogP contribution is -2.39. The summed E-state index contributed by atoms with van der Waals surface area (Å²) in [7, 11) is -3.40. The molecule has 1 fully saturated rings. The van der Waals surface area contributed by atoms with Crippen LogP contribution in [0.1, 0.15) is 36.7 Å². The molecule has 2 heterocycles. The summed E-state index contributed by atoms with van der Waals surface area (Å²) >= 11 is 0. The largest absolute Gasteiger partial charge is 0.218 e. The zero-order valence-electron chi connectivity index (χ0n) is 11.5. The van der Waals surface area contributed by atoms with E-state index in [1.165, 1.54) is 4.31 Å². The molecule has 3 rings (SSSR count). The quantitative estimate of drug-likeness (QED) is 0.918. The van der Waals surface area contributed by atoms with Crippen LogP contribution in [0.15, 0.2) is 30.3 Å². The van der Waals surface area contributed by atoms with Crippen molar-refractivity contribution >= 4 is 10.0 Å². The molecule has 0 saturated carbocycles. The number of aromatic nitrogens is 4. The van der Waals surface area contributed by atoms with Gasteiger partial charge in [-0.1, -0.05) is 42.0 Å². The Kier molecular flexibility index (Phi) is 3.98. The third-order valence-corrected chi connectivity index (χ3v) is 5.51. The smallest absolute Gasteiger partial charge is 0.212 e. The number of tetrazole rings is 1. The molecule has 1 saturated heterocycles. The Bertz CT molecular complexity index is 672. The molecular formula is C13H17N5O2S. The van der Waals surface area contributed by atoms with Crippen molar-refractivity contribution in [2.24, 2.45) is 0 Å². The number of benzene rings is 1. The van der Waals surface area contributed by atoms with Gasteiger partial charge in [0.15, 0.2) is 5.82 Å². The first-order chi connectivity index (χ1) is 10.2. The monoisotopic (exact) mass is 307 g/mol. The predicted octanol–water partition coefficient (Wildman–Crippen LogP) is 1.26. The van der Waals surface area contributed by atoms with E-state index in [1.807, 2.05) is 30.3 Å². The highest BCUT2D eigenvalue weighted by Gasteiger charge is 2.35. The number of rotatable bonds is 4. The summed E-state index contributed by atoms with van der Waals surface area (Å²) in [6.07, 6.45) is 2.56. The lowest BCUT2D eigenvalue weighted by molar-refractivity contribution is 0.246. The normalized spacial score (nSPS) is 20.5. The fraction of sp³-hybridized carbons (Fsp3) is 0.462.